The number of benzene rings is 2. The molecular weight excluding hydrogens is 294 g/mol. The van der Waals surface area contributed by atoms with E-state index in [0.29, 0.717) is 4.90 Å². The topological polar surface area (TPSA) is 34.1 Å². The van der Waals surface area contributed by atoms with E-state index in [-0.39, 0.29) is 11.3 Å². The molecule has 0 radical (unpaired) electrons. The molecule has 0 bridgehead atoms. The van der Waals surface area contributed by atoms with Crippen LogP contribution in [0.1, 0.15) is 21.5 Å². The predicted molar refractivity (Wildman–Crippen MR) is 77.9 cm³/mol. The quantitative estimate of drug-likeness (QED) is 0.809. The molecule has 21 heavy (non-hydrogen) atoms. The second-order valence-electron chi connectivity index (χ2n) is 4.81. The Morgan fingerprint density at radius 1 is 1.05 bits per heavy atom. The maximum atomic E-state index is 13.1. The molecule has 5 heteroatoms. The van der Waals surface area contributed by atoms with E-state index in [1.165, 1.54) is 6.07 Å². The van der Waals surface area contributed by atoms with Gasteiger partial charge in [0.15, 0.2) is 17.4 Å². The van der Waals surface area contributed by atoms with Crippen LogP contribution in [0.5, 0.6) is 0 Å². The van der Waals surface area contributed by atoms with Crippen LogP contribution >= 0.6 is 0 Å². The molecule has 0 fully saturated rings. The Morgan fingerprint density at radius 3 is 2.38 bits per heavy atom. The van der Waals surface area contributed by atoms with E-state index in [2.05, 4.69) is 0 Å². The molecule has 0 spiro atoms. The van der Waals surface area contributed by atoms with Gasteiger partial charge in [-0.05, 0) is 43.7 Å². The number of halogens is 2. The van der Waals surface area contributed by atoms with Crippen LogP contribution in [0.15, 0.2) is 41.3 Å². The van der Waals surface area contributed by atoms with Gasteiger partial charge in [-0.3, -0.25) is 9.00 Å². The van der Waals surface area contributed by atoms with Crippen molar-refractivity contribution in [3.8, 4) is 0 Å². The molecule has 110 valence electrons. The Morgan fingerprint density at radius 2 is 1.76 bits per heavy atom. The lowest BCUT2D eigenvalue weighted by Gasteiger charge is -2.07. The van der Waals surface area contributed by atoms with Crippen molar-refractivity contribution < 1.29 is 17.8 Å². The Labute approximate surface area is 124 Å². The second-order valence-corrected chi connectivity index (χ2v) is 6.23. The molecule has 0 aliphatic rings. The number of ketones is 1. The van der Waals surface area contributed by atoms with Crippen molar-refractivity contribution in [2.24, 2.45) is 0 Å². The second kappa shape index (κ2) is 6.26. The van der Waals surface area contributed by atoms with E-state index in [1.807, 2.05) is 26.0 Å². The summed E-state index contributed by atoms with van der Waals surface area (Å²) in [6, 6.07) is 8.34. The summed E-state index contributed by atoms with van der Waals surface area (Å²) in [4.78, 5) is 12.6. The molecule has 1 atom stereocenters. The van der Waals surface area contributed by atoms with Crippen molar-refractivity contribution in [1.29, 1.82) is 0 Å². The fourth-order valence-electron chi connectivity index (χ4n) is 2.00. The fraction of sp³-hybridized carbons (Fsp3) is 0.188. The zero-order valence-corrected chi connectivity index (χ0v) is 12.5. The third-order valence-corrected chi connectivity index (χ3v) is 4.55. The maximum absolute atomic E-state index is 13.1. The van der Waals surface area contributed by atoms with Gasteiger partial charge in [-0.15, -0.1) is 0 Å². The molecule has 0 saturated heterocycles. The minimum absolute atomic E-state index is 0.0204. The SMILES string of the molecule is Cc1ccc(S(=O)CC(=O)c2ccc(F)c(F)c2)c(C)c1. The van der Waals surface area contributed by atoms with Crippen molar-refractivity contribution in [1.82, 2.24) is 0 Å². The van der Waals surface area contributed by atoms with E-state index >= 15 is 0 Å². The summed E-state index contributed by atoms with van der Waals surface area (Å²) < 4.78 is 38.2. The standard InChI is InChI=1S/C16H14F2O2S/c1-10-3-6-16(11(2)7-10)21(20)9-15(19)12-4-5-13(17)14(18)8-12/h3-8H,9H2,1-2H3. The Balaban J connectivity index is 2.18. The Hall–Kier alpha value is -1.88. The number of Topliss-reactive ketones (excluding diaryl/α,β-unsaturated/α-hetero) is 1. The van der Waals surface area contributed by atoms with Gasteiger partial charge in [0, 0.05) is 10.5 Å². The predicted octanol–water partition coefficient (Wildman–Crippen LogP) is 3.57. The van der Waals surface area contributed by atoms with Gasteiger partial charge in [0.25, 0.3) is 0 Å². The highest BCUT2D eigenvalue weighted by molar-refractivity contribution is 7.85. The maximum Gasteiger partial charge on any atom is 0.175 e. The molecule has 0 aliphatic heterocycles. The first-order valence-corrected chi connectivity index (χ1v) is 7.64. The summed E-state index contributed by atoms with van der Waals surface area (Å²) in [5, 5.41) is 0. The molecule has 1 unspecified atom stereocenters. The van der Waals surface area contributed by atoms with Crippen molar-refractivity contribution in [3.05, 3.63) is 64.7 Å². The molecule has 2 nitrogen and oxygen atoms in total. The van der Waals surface area contributed by atoms with Crippen molar-refractivity contribution in [3.63, 3.8) is 0 Å². The number of rotatable bonds is 4. The Kier molecular flexibility index (Phi) is 4.63. The van der Waals surface area contributed by atoms with Crippen LogP contribution in [0.2, 0.25) is 0 Å². The van der Waals surface area contributed by atoms with Gasteiger partial charge in [0.2, 0.25) is 0 Å². The molecule has 2 rings (SSSR count). The van der Waals surface area contributed by atoms with Crippen LogP contribution in [-0.4, -0.2) is 15.7 Å². The number of hydrogen-bond donors (Lipinski definition) is 0. The van der Waals surface area contributed by atoms with Gasteiger partial charge in [0.1, 0.15) is 0 Å². The lowest BCUT2D eigenvalue weighted by atomic mass is 10.1. The summed E-state index contributed by atoms with van der Waals surface area (Å²) in [7, 11) is -1.51. The molecule has 0 heterocycles. The van der Waals surface area contributed by atoms with Gasteiger partial charge < -0.3 is 0 Å². The first kappa shape index (κ1) is 15.5. The highest BCUT2D eigenvalue weighted by atomic mass is 32.2. The van der Waals surface area contributed by atoms with Gasteiger partial charge >= 0.3 is 0 Å². The van der Waals surface area contributed by atoms with Crippen LogP contribution in [0, 0.1) is 25.5 Å². The van der Waals surface area contributed by atoms with E-state index in [4.69, 9.17) is 0 Å². The van der Waals surface area contributed by atoms with Crippen LogP contribution in [-0.2, 0) is 10.8 Å². The molecule has 0 aliphatic carbocycles. The molecule has 2 aromatic rings. The van der Waals surface area contributed by atoms with Gasteiger partial charge in [-0.2, -0.15) is 0 Å². The summed E-state index contributed by atoms with van der Waals surface area (Å²) in [6.45, 7) is 3.74. The highest BCUT2D eigenvalue weighted by Gasteiger charge is 2.15. The molecular formula is C16H14F2O2S. The lowest BCUT2D eigenvalue weighted by molar-refractivity contribution is 0.102. The van der Waals surface area contributed by atoms with E-state index < -0.39 is 28.2 Å². The number of hydrogen-bond acceptors (Lipinski definition) is 2. The number of carbonyl (C=O) groups is 1. The lowest BCUT2D eigenvalue weighted by Crippen LogP contribution is -2.12. The van der Waals surface area contributed by atoms with Crippen LogP contribution in [0.4, 0.5) is 8.78 Å². The number of carbonyl (C=O) groups excluding carboxylic acids is 1. The van der Waals surface area contributed by atoms with Gasteiger partial charge in [-0.25, -0.2) is 8.78 Å². The summed E-state index contributed by atoms with van der Waals surface area (Å²) >= 11 is 0. The van der Waals surface area contributed by atoms with Gasteiger partial charge in [0.05, 0.1) is 16.6 Å². The molecule has 0 aromatic heterocycles. The zero-order valence-electron chi connectivity index (χ0n) is 11.7. The summed E-state index contributed by atoms with van der Waals surface area (Å²) in [5.41, 5.74) is 1.90. The molecule has 0 saturated carbocycles. The smallest absolute Gasteiger partial charge is 0.175 e. The average molecular weight is 308 g/mol. The minimum Gasteiger partial charge on any atom is -0.293 e. The van der Waals surface area contributed by atoms with Crippen molar-refractivity contribution in [2.45, 2.75) is 18.7 Å². The first-order valence-electron chi connectivity index (χ1n) is 6.32. The monoisotopic (exact) mass is 308 g/mol. The number of aryl methyl sites for hydroxylation is 2. The van der Waals surface area contributed by atoms with Crippen LogP contribution in [0.25, 0.3) is 0 Å². The molecule has 0 N–H and O–H groups in total. The minimum atomic E-state index is -1.51. The third-order valence-electron chi connectivity index (χ3n) is 3.08. The van der Waals surface area contributed by atoms with Crippen LogP contribution in [0.3, 0.4) is 0 Å². The molecule has 2 aromatic carbocycles. The summed E-state index contributed by atoms with van der Waals surface area (Å²) in [6.07, 6.45) is 0. The van der Waals surface area contributed by atoms with Crippen LogP contribution < -0.4 is 0 Å². The third kappa shape index (κ3) is 3.61. The average Bonchev–Trinajstić information content (AvgIpc) is 2.41. The van der Waals surface area contributed by atoms with Gasteiger partial charge in [-0.1, -0.05) is 17.7 Å². The van der Waals surface area contributed by atoms with Crippen molar-refractivity contribution in [2.75, 3.05) is 5.75 Å². The molecule has 0 amide bonds. The fourth-order valence-corrected chi connectivity index (χ4v) is 3.20. The van der Waals surface area contributed by atoms with E-state index in [0.717, 1.165) is 23.3 Å². The highest BCUT2D eigenvalue weighted by Crippen LogP contribution is 2.17. The largest absolute Gasteiger partial charge is 0.293 e. The van der Waals surface area contributed by atoms with E-state index in [1.54, 1.807) is 6.07 Å². The zero-order chi connectivity index (χ0) is 15.6. The Bertz CT molecular complexity index is 726. The summed E-state index contributed by atoms with van der Waals surface area (Å²) in [5.74, 6) is -2.83. The normalized spacial score (nSPS) is 12.2. The van der Waals surface area contributed by atoms with Crippen molar-refractivity contribution >= 4 is 16.6 Å². The van der Waals surface area contributed by atoms with E-state index in [9.17, 15) is 17.8 Å². The first-order chi connectivity index (χ1) is 9.88.